The van der Waals surface area contributed by atoms with Crippen molar-refractivity contribution in [2.24, 2.45) is 5.41 Å². The minimum atomic E-state index is -1.41. The predicted octanol–water partition coefficient (Wildman–Crippen LogP) is 4.01. The SMILES string of the molecule is CC(C)(C)c1[nH]c2ccccc2c1CCCCCCC(CO)(CO)C(=O)O. The lowest BCUT2D eigenvalue weighted by Gasteiger charge is -2.24. The lowest BCUT2D eigenvalue weighted by Crippen LogP contribution is -2.38. The number of hydrogen-bond donors (Lipinski definition) is 4. The number of aliphatic hydroxyl groups excluding tert-OH is 2. The maximum absolute atomic E-state index is 11.3. The van der Waals surface area contributed by atoms with E-state index in [1.54, 1.807) is 0 Å². The molecule has 1 heterocycles. The molecule has 2 rings (SSSR count). The third-order valence-corrected chi connectivity index (χ3v) is 5.45. The van der Waals surface area contributed by atoms with E-state index in [0.717, 1.165) is 25.7 Å². The molecule has 27 heavy (non-hydrogen) atoms. The monoisotopic (exact) mass is 375 g/mol. The van der Waals surface area contributed by atoms with Gasteiger partial charge >= 0.3 is 5.97 Å². The van der Waals surface area contributed by atoms with Crippen molar-refractivity contribution in [1.29, 1.82) is 0 Å². The highest BCUT2D eigenvalue weighted by atomic mass is 16.4. The number of aromatic nitrogens is 1. The normalized spacial score (nSPS) is 12.6. The van der Waals surface area contributed by atoms with Crippen LogP contribution in [-0.2, 0) is 16.6 Å². The van der Waals surface area contributed by atoms with Crippen molar-refractivity contribution in [2.45, 2.75) is 64.7 Å². The van der Waals surface area contributed by atoms with Crippen LogP contribution in [0.25, 0.3) is 10.9 Å². The van der Waals surface area contributed by atoms with Gasteiger partial charge in [0.25, 0.3) is 0 Å². The van der Waals surface area contributed by atoms with E-state index in [1.165, 1.54) is 22.2 Å². The van der Waals surface area contributed by atoms with Crippen LogP contribution in [0.2, 0.25) is 0 Å². The summed E-state index contributed by atoms with van der Waals surface area (Å²) < 4.78 is 0. The maximum atomic E-state index is 11.3. The molecule has 1 aromatic carbocycles. The highest BCUT2D eigenvalue weighted by molar-refractivity contribution is 5.85. The van der Waals surface area contributed by atoms with Crippen LogP contribution < -0.4 is 0 Å². The van der Waals surface area contributed by atoms with Gasteiger partial charge in [0.1, 0.15) is 5.41 Å². The molecule has 4 N–H and O–H groups in total. The molecule has 0 atom stereocenters. The zero-order chi connectivity index (χ0) is 20.1. The Labute approximate surface area is 161 Å². The number of fused-ring (bicyclic) bond motifs is 1. The van der Waals surface area contributed by atoms with Gasteiger partial charge in [-0.05, 0) is 30.9 Å². The molecule has 0 aliphatic carbocycles. The molecule has 0 amide bonds. The second-order valence-electron chi connectivity index (χ2n) is 8.59. The van der Waals surface area contributed by atoms with Crippen molar-refractivity contribution in [2.75, 3.05) is 13.2 Å². The van der Waals surface area contributed by atoms with Gasteiger partial charge in [0, 0.05) is 22.0 Å². The predicted molar refractivity (Wildman–Crippen MR) is 108 cm³/mol. The highest BCUT2D eigenvalue weighted by Gasteiger charge is 2.36. The number of aryl methyl sites for hydroxylation is 1. The Morgan fingerprint density at radius 3 is 2.22 bits per heavy atom. The molecule has 0 saturated heterocycles. The van der Waals surface area contributed by atoms with E-state index in [1.807, 2.05) is 6.07 Å². The van der Waals surface area contributed by atoms with Crippen LogP contribution in [0.5, 0.6) is 0 Å². The molecule has 5 heteroatoms. The Morgan fingerprint density at radius 2 is 1.63 bits per heavy atom. The van der Waals surface area contributed by atoms with E-state index in [9.17, 15) is 20.1 Å². The first kappa shape index (κ1) is 21.5. The summed E-state index contributed by atoms with van der Waals surface area (Å²) >= 11 is 0. The topological polar surface area (TPSA) is 93.5 Å². The highest BCUT2D eigenvalue weighted by Crippen LogP contribution is 2.32. The van der Waals surface area contributed by atoms with Crippen molar-refractivity contribution in [3.63, 3.8) is 0 Å². The molecule has 1 aromatic heterocycles. The fraction of sp³-hybridized carbons (Fsp3) is 0.591. The molecule has 0 aliphatic heterocycles. The average molecular weight is 376 g/mol. The Kier molecular flexibility index (Phi) is 7.06. The number of nitrogens with one attached hydrogen (secondary N) is 1. The number of aromatic amines is 1. The minimum Gasteiger partial charge on any atom is -0.481 e. The smallest absolute Gasteiger partial charge is 0.314 e. The van der Waals surface area contributed by atoms with Gasteiger partial charge in [-0.2, -0.15) is 0 Å². The molecule has 0 fully saturated rings. The number of aliphatic carboxylic acids is 1. The molecule has 0 radical (unpaired) electrons. The molecule has 5 nitrogen and oxygen atoms in total. The maximum Gasteiger partial charge on any atom is 0.314 e. The number of carboxylic acids is 1. The number of H-pyrrole nitrogens is 1. The quantitative estimate of drug-likeness (QED) is 0.472. The summed E-state index contributed by atoms with van der Waals surface area (Å²) in [5.41, 5.74) is 2.49. The average Bonchev–Trinajstić information content (AvgIpc) is 3.00. The van der Waals surface area contributed by atoms with Crippen molar-refractivity contribution < 1.29 is 20.1 Å². The van der Waals surface area contributed by atoms with Gasteiger partial charge in [-0.1, -0.05) is 58.2 Å². The lowest BCUT2D eigenvalue weighted by atomic mass is 9.84. The first-order valence-corrected chi connectivity index (χ1v) is 9.80. The van der Waals surface area contributed by atoms with Crippen molar-refractivity contribution in [3.05, 3.63) is 35.5 Å². The lowest BCUT2D eigenvalue weighted by molar-refractivity contribution is -0.155. The fourth-order valence-electron chi connectivity index (χ4n) is 3.67. The van der Waals surface area contributed by atoms with E-state index in [4.69, 9.17) is 0 Å². The summed E-state index contributed by atoms with van der Waals surface area (Å²) in [6, 6.07) is 8.40. The van der Waals surface area contributed by atoms with Crippen LogP contribution in [-0.4, -0.2) is 39.5 Å². The molecule has 0 spiro atoms. The van der Waals surface area contributed by atoms with Gasteiger partial charge in [-0.3, -0.25) is 4.79 Å². The minimum absolute atomic E-state index is 0.0533. The zero-order valence-corrected chi connectivity index (χ0v) is 16.7. The van der Waals surface area contributed by atoms with E-state index in [-0.39, 0.29) is 5.41 Å². The van der Waals surface area contributed by atoms with Gasteiger partial charge < -0.3 is 20.3 Å². The van der Waals surface area contributed by atoms with Gasteiger partial charge in [0.15, 0.2) is 0 Å². The molecule has 0 aliphatic rings. The number of carboxylic acid groups (broad SMARTS) is 1. The van der Waals surface area contributed by atoms with Crippen LogP contribution in [0.3, 0.4) is 0 Å². The summed E-state index contributed by atoms with van der Waals surface area (Å²) in [5, 5.41) is 29.2. The van der Waals surface area contributed by atoms with Gasteiger partial charge in [-0.25, -0.2) is 0 Å². The largest absolute Gasteiger partial charge is 0.481 e. The summed E-state index contributed by atoms with van der Waals surface area (Å²) in [6.07, 6.45) is 4.89. The van der Waals surface area contributed by atoms with E-state index in [0.29, 0.717) is 12.8 Å². The second-order valence-corrected chi connectivity index (χ2v) is 8.59. The van der Waals surface area contributed by atoms with E-state index in [2.05, 4.69) is 44.0 Å². The summed E-state index contributed by atoms with van der Waals surface area (Å²) in [5.74, 6) is -1.12. The van der Waals surface area contributed by atoms with Crippen LogP contribution in [0.15, 0.2) is 24.3 Å². The van der Waals surface area contributed by atoms with Crippen LogP contribution in [0, 0.1) is 5.41 Å². The molecular weight excluding hydrogens is 342 g/mol. The Hall–Kier alpha value is -1.85. The summed E-state index contributed by atoms with van der Waals surface area (Å²) in [6.45, 7) is 5.61. The molecule has 0 bridgehead atoms. The fourth-order valence-corrected chi connectivity index (χ4v) is 3.67. The van der Waals surface area contributed by atoms with Crippen molar-refractivity contribution in [3.8, 4) is 0 Å². The zero-order valence-electron chi connectivity index (χ0n) is 16.7. The standard InChI is InChI=1S/C22H33NO4/c1-21(2,3)19-17(16-10-7-8-12-18(16)23-19)11-6-4-5-9-13-22(14-24,15-25)20(26)27/h7-8,10,12,23-25H,4-6,9,11,13-15H2,1-3H3,(H,26,27). The van der Waals surface area contributed by atoms with E-state index >= 15 is 0 Å². The first-order chi connectivity index (χ1) is 12.7. The number of para-hydroxylation sites is 1. The molecular formula is C22H33NO4. The second kappa shape index (κ2) is 8.89. The van der Waals surface area contributed by atoms with Gasteiger partial charge in [0.05, 0.1) is 13.2 Å². The molecule has 0 unspecified atom stereocenters. The van der Waals surface area contributed by atoms with E-state index < -0.39 is 24.6 Å². The van der Waals surface area contributed by atoms with Gasteiger partial charge in [0.2, 0.25) is 0 Å². The van der Waals surface area contributed by atoms with Crippen molar-refractivity contribution >= 4 is 16.9 Å². The van der Waals surface area contributed by atoms with Crippen LogP contribution in [0.4, 0.5) is 0 Å². The number of carbonyl (C=O) groups is 1. The van der Waals surface area contributed by atoms with Gasteiger partial charge in [-0.15, -0.1) is 0 Å². The summed E-state index contributed by atoms with van der Waals surface area (Å²) in [4.78, 5) is 14.9. The number of benzene rings is 1. The number of rotatable bonds is 10. The summed E-state index contributed by atoms with van der Waals surface area (Å²) in [7, 11) is 0. The van der Waals surface area contributed by atoms with Crippen LogP contribution >= 0.6 is 0 Å². The Bertz CT molecular complexity index is 753. The Balaban J connectivity index is 1.93. The van der Waals surface area contributed by atoms with Crippen LogP contribution in [0.1, 0.15) is 64.1 Å². The third kappa shape index (κ3) is 4.90. The number of unbranched alkanes of at least 4 members (excludes halogenated alkanes) is 3. The third-order valence-electron chi connectivity index (χ3n) is 5.45. The number of hydrogen-bond acceptors (Lipinski definition) is 3. The first-order valence-electron chi connectivity index (χ1n) is 9.80. The number of aliphatic hydroxyl groups is 2. The van der Waals surface area contributed by atoms with Crippen molar-refractivity contribution in [1.82, 2.24) is 4.98 Å². The molecule has 150 valence electrons. The molecule has 2 aromatic rings. The Morgan fingerprint density at radius 1 is 1.00 bits per heavy atom. The molecule has 0 saturated carbocycles.